The van der Waals surface area contributed by atoms with E-state index in [1.807, 2.05) is 0 Å². The number of benzene rings is 2. The average Bonchev–Trinajstić information content (AvgIpc) is 2.50. The summed E-state index contributed by atoms with van der Waals surface area (Å²) in [6.45, 7) is 1.49. The number of sulfonamides is 1. The molecule has 4 nitrogen and oxygen atoms in total. The molecule has 0 amide bonds. The van der Waals surface area contributed by atoms with Gasteiger partial charge in [-0.05, 0) is 36.8 Å². The standard InChI is InChI=1S/C15H16FNO3S/c1-2-17(15-9-4-3-8-14(15)16)21(19,20)13-7-5-6-12(10-13)11-18/h3-10,18H,2,11H2,1H3. The van der Waals surface area contributed by atoms with Crippen LogP contribution in [-0.2, 0) is 16.6 Å². The lowest BCUT2D eigenvalue weighted by Gasteiger charge is -2.23. The lowest BCUT2D eigenvalue weighted by atomic mass is 10.2. The van der Waals surface area contributed by atoms with Crippen molar-refractivity contribution in [3.05, 3.63) is 59.9 Å². The van der Waals surface area contributed by atoms with Crippen LogP contribution in [0.25, 0.3) is 0 Å². The third-order valence-corrected chi connectivity index (χ3v) is 4.96. The van der Waals surface area contributed by atoms with Gasteiger partial charge in [-0.3, -0.25) is 4.31 Å². The Hall–Kier alpha value is -1.92. The van der Waals surface area contributed by atoms with Gasteiger partial charge in [-0.15, -0.1) is 0 Å². The van der Waals surface area contributed by atoms with Crippen LogP contribution in [0.5, 0.6) is 0 Å². The SMILES string of the molecule is CCN(c1ccccc1F)S(=O)(=O)c1cccc(CO)c1. The van der Waals surface area contributed by atoms with Crippen LogP contribution in [-0.4, -0.2) is 20.1 Å². The number of para-hydroxylation sites is 1. The highest BCUT2D eigenvalue weighted by Crippen LogP contribution is 2.26. The molecule has 0 saturated heterocycles. The molecule has 0 heterocycles. The lowest BCUT2D eigenvalue weighted by molar-refractivity contribution is 0.281. The average molecular weight is 309 g/mol. The Bertz CT molecular complexity index is 731. The molecule has 0 saturated carbocycles. The van der Waals surface area contributed by atoms with E-state index in [0.29, 0.717) is 5.56 Å². The monoisotopic (exact) mass is 309 g/mol. The fourth-order valence-corrected chi connectivity index (χ4v) is 3.61. The summed E-state index contributed by atoms with van der Waals surface area (Å²) >= 11 is 0. The van der Waals surface area contributed by atoms with Gasteiger partial charge >= 0.3 is 0 Å². The number of hydrogen-bond acceptors (Lipinski definition) is 3. The molecule has 0 aliphatic rings. The van der Waals surface area contributed by atoms with Gasteiger partial charge in [0, 0.05) is 6.54 Å². The van der Waals surface area contributed by atoms with Crippen molar-refractivity contribution in [1.82, 2.24) is 0 Å². The van der Waals surface area contributed by atoms with Crippen molar-refractivity contribution in [3.63, 3.8) is 0 Å². The van der Waals surface area contributed by atoms with E-state index in [1.54, 1.807) is 25.1 Å². The summed E-state index contributed by atoms with van der Waals surface area (Å²) in [6, 6.07) is 11.7. The lowest BCUT2D eigenvalue weighted by Crippen LogP contribution is -2.31. The zero-order chi connectivity index (χ0) is 15.5. The molecule has 0 aliphatic carbocycles. The molecule has 0 radical (unpaired) electrons. The zero-order valence-electron chi connectivity index (χ0n) is 11.5. The molecule has 1 N–H and O–H groups in total. The number of hydrogen-bond donors (Lipinski definition) is 1. The normalized spacial score (nSPS) is 11.4. The summed E-state index contributed by atoms with van der Waals surface area (Å²) in [5.74, 6) is -0.596. The molecule has 112 valence electrons. The van der Waals surface area contributed by atoms with Gasteiger partial charge in [0.05, 0.1) is 17.2 Å². The number of aliphatic hydroxyl groups excluding tert-OH is 1. The van der Waals surface area contributed by atoms with Crippen LogP contribution >= 0.6 is 0 Å². The number of halogens is 1. The Balaban J connectivity index is 2.52. The van der Waals surface area contributed by atoms with Gasteiger partial charge in [-0.25, -0.2) is 12.8 Å². The quantitative estimate of drug-likeness (QED) is 0.923. The van der Waals surface area contributed by atoms with Crippen molar-refractivity contribution in [2.24, 2.45) is 0 Å². The molecule has 2 aromatic rings. The highest BCUT2D eigenvalue weighted by Gasteiger charge is 2.25. The first-order valence-electron chi connectivity index (χ1n) is 6.47. The van der Waals surface area contributed by atoms with Crippen LogP contribution in [0, 0.1) is 5.82 Å². The Kier molecular flexibility index (Phi) is 4.59. The summed E-state index contributed by atoms with van der Waals surface area (Å²) in [6.07, 6.45) is 0. The van der Waals surface area contributed by atoms with Gasteiger partial charge in [0.15, 0.2) is 0 Å². The van der Waals surface area contributed by atoms with E-state index in [1.165, 1.54) is 30.3 Å². The molecular formula is C15H16FNO3S. The van der Waals surface area contributed by atoms with Crippen LogP contribution in [0.3, 0.4) is 0 Å². The van der Waals surface area contributed by atoms with E-state index in [-0.39, 0.29) is 23.7 Å². The van der Waals surface area contributed by atoms with E-state index in [2.05, 4.69) is 0 Å². The third kappa shape index (κ3) is 3.06. The minimum absolute atomic E-state index is 0.00871. The Morgan fingerprint density at radius 1 is 1.14 bits per heavy atom. The largest absolute Gasteiger partial charge is 0.392 e. The van der Waals surface area contributed by atoms with Crippen molar-refractivity contribution in [3.8, 4) is 0 Å². The number of nitrogens with zero attached hydrogens (tertiary/aromatic N) is 1. The molecule has 0 atom stereocenters. The van der Waals surface area contributed by atoms with Crippen molar-refractivity contribution >= 4 is 15.7 Å². The van der Waals surface area contributed by atoms with Crippen LogP contribution in [0.2, 0.25) is 0 Å². The molecule has 0 aromatic heterocycles. The third-order valence-electron chi connectivity index (χ3n) is 3.08. The highest BCUT2D eigenvalue weighted by atomic mass is 32.2. The van der Waals surface area contributed by atoms with E-state index in [9.17, 15) is 12.8 Å². The molecule has 0 spiro atoms. The minimum Gasteiger partial charge on any atom is -0.392 e. The Labute approximate surface area is 123 Å². The summed E-state index contributed by atoms with van der Waals surface area (Å²) in [5.41, 5.74) is 0.495. The second-order valence-electron chi connectivity index (χ2n) is 4.43. The molecule has 0 fully saturated rings. The molecule has 2 aromatic carbocycles. The van der Waals surface area contributed by atoms with E-state index < -0.39 is 15.8 Å². The van der Waals surface area contributed by atoms with Gasteiger partial charge in [-0.2, -0.15) is 0 Å². The summed E-state index contributed by atoms with van der Waals surface area (Å²) < 4.78 is 40.2. The van der Waals surface area contributed by atoms with Gasteiger partial charge in [0.1, 0.15) is 5.82 Å². The maximum Gasteiger partial charge on any atom is 0.264 e. The summed E-state index contributed by atoms with van der Waals surface area (Å²) in [5, 5.41) is 9.12. The van der Waals surface area contributed by atoms with Crippen molar-refractivity contribution in [2.45, 2.75) is 18.4 Å². The first kappa shape index (κ1) is 15.5. The summed E-state index contributed by atoms with van der Waals surface area (Å²) in [4.78, 5) is 0.0270. The van der Waals surface area contributed by atoms with E-state index in [0.717, 1.165) is 4.31 Å². The van der Waals surface area contributed by atoms with Gasteiger partial charge in [0.25, 0.3) is 10.0 Å². The molecule has 6 heteroatoms. The van der Waals surface area contributed by atoms with E-state index >= 15 is 0 Å². The van der Waals surface area contributed by atoms with Crippen LogP contribution in [0.15, 0.2) is 53.4 Å². The second-order valence-corrected chi connectivity index (χ2v) is 6.29. The molecule has 0 bridgehead atoms. The van der Waals surface area contributed by atoms with Crippen molar-refractivity contribution in [1.29, 1.82) is 0 Å². The Morgan fingerprint density at radius 2 is 1.86 bits per heavy atom. The van der Waals surface area contributed by atoms with Crippen molar-refractivity contribution in [2.75, 3.05) is 10.8 Å². The fourth-order valence-electron chi connectivity index (χ4n) is 2.06. The summed E-state index contributed by atoms with van der Waals surface area (Å²) in [7, 11) is -3.88. The van der Waals surface area contributed by atoms with Gasteiger partial charge in [0.2, 0.25) is 0 Å². The minimum atomic E-state index is -3.88. The molecule has 0 unspecified atom stereocenters. The molecule has 21 heavy (non-hydrogen) atoms. The first-order chi connectivity index (χ1) is 10.0. The Morgan fingerprint density at radius 3 is 2.48 bits per heavy atom. The van der Waals surface area contributed by atoms with Crippen LogP contribution in [0.4, 0.5) is 10.1 Å². The predicted molar refractivity (Wildman–Crippen MR) is 79.0 cm³/mol. The number of anilines is 1. The maximum atomic E-state index is 13.9. The molecule has 0 aliphatic heterocycles. The van der Waals surface area contributed by atoms with Crippen molar-refractivity contribution < 1.29 is 17.9 Å². The first-order valence-corrected chi connectivity index (χ1v) is 7.91. The highest BCUT2D eigenvalue weighted by molar-refractivity contribution is 7.92. The van der Waals surface area contributed by atoms with Crippen LogP contribution in [0.1, 0.15) is 12.5 Å². The predicted octanol–water partition coefficient (Wildman–Crippen LogP) is 2.53. The van der Waals surface area contributed by atoms with Gasteiger partial charge < -0.3 is 5.11 Å². The zero-order valence-corrected chi connectivity index (χ0v) is 12.3. The second kappa shape index (κ2) is 6.24. The van der Waals surface area contributed by atoms with E-state index in [4.69, 9.17) is 5.11 Å². The fraction of sp³-hybridized carbons (Fsp3) is 0.200. The molecule has 2 rings (SSSR count). The number of rotatable bonds is 5. The smallest absolute Gasteiger partial charge is 0.264 e. The topological polar surface area (TPSA) is 57.6 Å². The van der Waals surface area contributed by atoms with Gasteiger partial charge in [-0.1, -0.05) is 24.3 Å². The maximum absolute atomic E-state index is 13.9. The molecular weight excluding hydrogens is 293 g/mol. The number of aliphatic hydroxyl groups is 1. The van der Waals surface area contributed by atoms with Crippen LogP contribution < -0.4 is 4.31 Å².